The molecule has 7 nitrogen and oxygen atoms in total. The number of rotatable bonds is 5. The lowest BCUT2D eigenvalue weighted by Gasteiger charge is -2.34. The molecule has 8 heteroatoms. The molecular formula is C22H21N3O4S. The SMILES string of the molecule is Cc1ccc(S(=O)(=O)OCC2CN(c3ccc(C#N)c4ncccc34)CCO2)cc1. The van der Waals surface area contributed by atoms with E-state index in [-0.39, 0.29) is 11.5 Å². The van der Waals surface area contributed by atoms with Crippen LogP contribution in [0.4, 0.5) is 5.69 Å². The summed E-state index contributed by atoms with van der Waals surface area (Å²) < 4.78 is 35.9. The number of fused-ring (bicyclic) bond motifs is 1. The average molecular weight is 423 g/mol. The monoisotopic (exact) mass is 423 g/mol. The Hall–Kier alpha value is -2.99. The maximum absolute atomic E-state index is 12.5. The molecule has 2 heterocycles. The molecule has 30 heavy (non-hydrogen) atoms. The van der Waals surface area contributed by atoms with Gasteiger partial charge in [0.05, 0.1) is 35.3 Å². The first kappa shape index (κ1) is 20.3. The summed E-state index contributed by atoms with van der Waals surface area (Å²) in [5.41, 5.74) is 3.08. The van der Waals surface area contributed by atoms with Gasteiger partial charge in [0.1, 0.15) is 6.07 Å². The second-order valence-corrected chi connectivity index (χ2v) is 8.75. The van der Waals surface area contributed by atoms with Crippen LogP contribution >= 0.6 is 0 Å². The van der Waals surface area contributed by atoms with E-state index in [1.165, 1.54) is 12.1 Å². The molecular weight excluding hydrogens is 402 g/mol. The van der Waals surface area contributed by atoms with Gasteiger partial charge in [0.25, 0.3) is 10.1 Å². The first-order valence-electron chi connectivity index (χ1n) is 9.58. The molecule has 154 valence electrons. The van der Waals surface area contributed by atoms with Crippen LogP contribution in [0.1, 0.15) is 11.1 Å². The van der Waals surface area contributed by atoms with Gasteiger partial charge in [0.15, 0.2) is 0 Å². The Morgan fingerprint density at radius 2 is 2.03 bits per heavy atom. The molecule has 0 spiro atoms. The normalized spacial score (nSPS) is 17.1. The van der Waals surface area contributed by atoms with Crippen molar-refractivity contribution in [3.05, 3.63) is 65.9 Å². The quantitative estimate of drug-likeness (QED) is 0.583. The molecule has 0 aliphatic carbocycles. The number of anilines is 1. The largest absolute Gasteiger partial charge is 0.372 e. The lowest BCUT2D eigenvalue weighted by Crippen LogP contribution is -2.44. The second-order valence-electron chi connectivity index (χ2n) is 7.13. The molecule has 1 unspecified atom stereocenters. The molecule has 4 rings (SSSR count). The number of ether oxygens (including phenoxy) is 1. The Labute approximate surface area is 175 Å². The van der Waals surface area contributed by atoms with Crippen molar-refractivity contribution in [3.63, 3.8) is 0 Å². The Morgan fingerprint density at radius 1 is 1.23 bits per heavy atom. The number of pyridine rings is 1. The summed E-state index contributed by atoms with van der Waals surface area (Å²) in [6.07, 6.45) is 1.26. The summed E-state index contributed by atoms with van der Waals surface area (Å²) in [4.78, 5) is 6.59. The molecule has 2 aromatic carbocycles. The fourth-order valence-electron chi connectivity index (χ4n) is 3.50. The van der Waals surface area contributed by atoms with Crippen molar-refractivity contribution in [2.24, 2.45) is 0 Å². The minimum Gasteiger partial charge on any atom is -0.372 e. The molecule has 1 atom stereocenters. The maximum Gasteiger partial charge on any atom is 0.297 e. The van der Waals surface area contributed by atoms with E-state index in [9.17, 15) is 13.7 Å². The van der Waals surface area contributed by atoms with Crippen molar-refractivity contribution in [1.29, 1.82) is 5.26 Å². The van der Waals surface area contributed by atoms with E-state index in [1.807, 2.05) is 25.1 Å². The zero-order valence-corrected chi connectivity index (χ0v) is 17.3. The summed E-state index contributed by atoms with van der Waals surface area (Å²) in [6.45, 7) is 3.39. The number of hydrogen-bond donors (Lipinski definition) is 0. The number of aromatic nitrogens is 1. The van der Waals surface area contributed by atoms with Crippen LogP contribution in [0, 0.1) is 18.3 Å². The Balaban J connectivity index is 1.50. The number of morpholine rings is 1. The standard InChI is InChI=1S/C22H21N3O4S/c1-16-4-7-19(8-5-16)30(26,27)29-15-18-14-25(11-12-28-18)21-9-6-17(13-23)22-20(21)3-2-10-24-22/h2-10,18H,11-12,14-15H2,1H3. The molecule has 3 aromatic rings. The summed E-state index contributed by atoms with van der Waals surface area (Å²) in [6, 6.07) is 16.1. The molecule has 0 amide bonds. The van der Waals surface area contributed by atoms with Crippen molar-refractivity contribution in [1.82, 2.24) is 4.98 Å². The van der Waals surface area contributed by atoms with Crippen LogP contribution in [0.25, 0.3) is 10.9 Å². The van der Waals surface area contributed by atoms with Crippen LogP contribution in [0.2, 0.25) is 0 Å². The third kappa shape index (κ3) is 4.14. The van der Waals surface area contributed by atoms with Crippen LogP contribution in [0.3, 0.4) is 0 Å². The number of benzene rings is 2. The first-order chi connectivity index (χ1) is 14.5. The molecule has 0 radical (unpaired) electrons. The number of nitriles is 1. The van der Waals surface area contributed by atoms with Gasteiger partial charge < -0.3 is 9.64 Å². The van der Waals surface area contributed by atoms with Gasteiger partial charge in [-0.3, -0.25) is 9.17 Å². The molecule has 0 saturated carbocycles. The fourth-order valence-corrected chi connectivity index (χ4v) is 4.44. The fraction of sp³-hybridized carbons (Fsp3) is 0.273. The van der Waals surface area contributed by atoms with Gasteiger partial charge >= 0.3 is 0 Å². The van der Waals surface area contributed by atoms with E-state index in [0.717, 1.165) is 16.6 Å². The number of nitrogens with zero attached hydrogens (tertiary/aromatic N) is 3. The third-order valence-corrected chi connectivity index (χ3v) is 6.36. The van der Waals surface area contributed by atoms with E-state index < -0.39 is 16.2 Å². The minimum atomic E-state index is -3.85. The van der Waals surface area contributed by atoms with E-state index in [4.69, 9.17) is 8.92 Å². The average Bonchev–Trinajstić information content (AvgIpc) is 2.77. The van der Waals surface area contributed by atoms with Crippen LogP contribution in [-0.4, -0.2) is 45.8 Å². The van der Waals surface area contributed by atoms with E-state index in [0.29, 0.717) is 30.8 Å². The highest BCUT2D eigenvalue weighted by Gasteiger charge is 2.25. The van der Waals surface area contributed by atoms with Crippen molar-refractivity contribution in [2.45, 2.75) is 17.9 Å². The van der Waals surface area contributed by atoms with Crippen molar-refractivity contribution >= 4 is 26.7 Å². The Morgan fingerprint density at radius 3 is 2.80 bits per heavy atom. The van der Waals surface area contributed by atoms with Gasteiger partial charge in [-0.05, 0) is 43.3 Å². The first-order valence-corrected chi connectivity index (χ1v) is 11.0. The van der Waals surface area contributed by atoms with Crippen molar-refractivity contribution < 1.29 is 17.3 Å². The highest BCUT2D eigenvalue weighted by molar-refractivity contribution is 7.86. The molecule has 0 bridgehead atoms. The lowest BCUT2D eigenvalue weighted by molar-refractivity contribution is 0.0118. The molecule has 1 aliphatic rings. The number of aryl methyl sites for hydroxylation is 1. The summed E-state index contributed by atoms with van der Waals surface area (Å²) in [5.74, 6) is 0. The summed E-state index contributed by atoms with van der Waals surface area (Å²) in [5, 5.41) is 10.2. The van der Waals surface area contributed by atoms with Gasteiger partial charge in [0.2, 0.25) is 0 Å². The molecule has 0 N–H and O–H groups in total. The highest BCUT2D eigenvalue weighted by atomic mass is 32.2. The molecule has 1 aliphatic heterocycles. The second kappa shape index (κ2) is 8.40. The smallest absolute Gasteiger partial charge is 0.297 e. The van der Waals surface area contributed by atoms with E-state index >= 15 is 0 Å². The number of hydrogen-bond acceptors (Lipinski definition) is 7. The third-order valence-electron chi connectivity index (χ3n) is 5.07. The zero-order chi connectivity index (χ0) is 21.1. The van der Waals surface area contributed by atoms with E-state index in [1.54, 1.807) is 24.4 Å². The Bertz CT molecular complexity index is 1200. The molecule has 1 aromatic heterocycles. The minimum absolute atomic E-state index is 0.0703. The zero-order valence-electron chi connectivity index (χ0n) is 16.5. The molecule has 1 fully saturated rings. The predicted octanol–water partition coefficient (Wildman–Crippen LogP) is 3.03. The molecule has 1 saturated heterocycles. The van der Waals surface area contributed by atoms with Crippen LogP contribution in [-0.2, 0) is 19.0 Å². The summed E-state index contributed by atoms with van der Waals surface area (Å²) in [7, 11) is -3.85. The maximum atomic E-state index is 12.5. The predicted molar refractivity (Wildman–Crippen MR) is 113 cm³/mol. The van der Waals surface area contributed by atoms with Gasteiger partial charge in [-0.15, -0.1) is 0 Å². The van der Waals surface area contributed by atoms with Gasteiger partial charge in [-0.2, -0.15) is 13.7 Å². The van der Waals surface area contributed by atoms with Crippen LogP contribution in [0.15, 0.2) is 59.6 Å². The lowest BCUT2D eigenvalue weighted by atomic mass is 10.1. The van der Waals surface area contributed by atoms with Crippen molar-refractivity contribution in [2.75, 3.05) is 31.2 Å². The van der Waals surface area contributed by atoms with Gasteiger partial charge in [0, 0.05) is 30.4 Å². The van der Waals surface area contributed by atoms with Crippen LogP contribution < -0.4 is 4.90 Å². The van der Waals surface area contributed by atoms with Crippen LogP contribution in [0.5, 0.6) is 0 Å². The van der Waals surface area contributed by atoms with E-state index in [2.05, 4.69) is 16.0 Å². The van der Waals surface area contributed by atoms with Gasteiger partial charge in [-0.25, -0.2) is 0 Å². The highest BCUT2D eigenvalue weighted by Crippen LogP contribution is 2.29. The van der Waals surface area contributed by atoms with Gasteiger partial charge in [-0.1, -0.05) is 17.7 Å². The van der Waals surface area contributed by atoms with Crippen molar-refractivity contribution in [3.8, 4) is 6.07 Å². The Kier molecular flexibility index (Phi) is 5.68. The summed E-state index contributed by atoms with van der Waals surface area (Å²) >= 11 is 0. The topological polar surface area (TPSA) is 92.5 Å².